The number of hydrogen-bond acceptors (Lipinski definition) is 5. The predicted molar refractivity (Wildman–Crippen MR) is 98.9 cm³/mol. The zero-order valence-corrected chi connectivity index (χ0v) is 15.3. The second-order valence-corrected chi connectivity index (χ2v) is 7.54. The van der Waals surface area contributed by atoms with Crippen LogP contribution in [0.25, 0.3) is 11.3 Å². The topological polar surface area (TPSA) is 98.0 Å². The lowest BCUT2D eigenvalue weighted by molar-refractivity contribution is -0.137. The largest absolute Gasteiger partial charge is 0.418 e. The van der Waals surface area contributed by atoms with E-state index in [1.807, 2.05) is 0 Å². The molecule has 0 aliphatic carbocycles. The molecule has 0 fully saturated rings. The molecular formula is C18H15F3N4O2S. The number of aromatic nitrogens is 2. The van der Waals surface area contributed by atoms with Crippen LogP contribution in [-0.4, -0.2) is 18.4 Å². The minimum Gasteiger partial charge on any atom is -0.384 e. The Balaban J connectivity index is 2.09. The van der Waals surface area contributed by atoms with Crippen LogP contribution in [0.5, 0.6) is 0 Å². The van der Waals surface area contributed by atoms with Crippen molar-refractivity contribution in [3.05, 3.63) is 65.7 Å². The Hall–Kier alpha value is -3.14. The average Bonchev–Trinajstić information content (AvgIpc) is 2.61. The van der Waals surface area contributed by atoms with E-state index in [0.29, 0.717) is 5.56 Å². The van der Waals surface area contributed by atoms with E-state index < -0.39 is 21.8 Å². The van der Waals surface area contributed by atoms with E-state index in [1.54, 1.807) is 25.1 Å². The number of halogens is 3. The summed E-state index contributed by atoms with van der Waals surface area (Å²) in [4.78, 5) is 7.65. The second kappa shape index (κ2) is 7.12. The van der Waals surface area contributed by atoms with Crippen LogP contribution < -0.4 is 10.5 Å². The lowest BCUT2D eigenvalue weighted by Crippen LogP contribution is -2.17. The summed E-state index contributed by atoms with van der Waals surface area (Å²) < 4.78 is 67.4. The number of hydrogen-bond donors (Lipinski definition) is 2. The van der Waals surface area contributed by atoms with Gasteiger partial charge in [-0.05, 0) is 36.8 Å². The van der Waals surface area contributed by atoms with Gasteiger partial charge in [0.25, 0.3) is 10.0 Å². The van der Waals surface area contributed by atoms with Crippen molar-refractivity contribution in [2.24, 2.45) is 0 Å². The van der Waals surface area contributed by atoms with Gasteiger partial charge in [0.1, 0.15) is 11.6 Å². The molecule has 0 amide bonds. The fourth-order valence-electron chi connectivity index (χ4n) is 2.56. The van der Waals surface area contributed by atoms with Crippen LogP contribution in [0.15, 0.2) is 59.6 Å². The third-order valence-corrected chi connectivity index (χ3v) is 5.12. The Kier molecular flexibility index (Phi) is 4.99. The van der Waals surface area contributed by atoms with Gasteiger partial charge in [0, 0.05) is 5.56 Å². The third kappa shape index (κ3) is 4.06. The first-order chi connectivity index (χ1) is 13.1. The molecule has 0 unspecified atom stereocenters. The highest BCUT2D eigenvalue weighted by atomic mass is 32.2. The lowest BCUT2D eigenvalue weighted by atomic mass is 10.0. The Morgan fingerprint density at radius 3 is 2.32 bits per heavy atom. The Bertz CT molecular complexity index is 1130. The van der Waals surface area contributed by atoms with Gasteiger partial charge in [-0.2, -0.15) is 21.6 Å². The highest BCUT2D eigenvalue weighted by Crippen LogP contribution is 2.37. The SMILES string of the molecule is Cc1ccccc1-c1nc(NS(=O)(=O)c2cccc(N)n2)ccc1C(F)(F)F. The Morgan fingerprint density at radius 2 is 1.68 bits per heavy atom. The number of nitrogens with two attached hydrogens (primary N) is 1. The van der Waals surface area contributed by atoms with Crippen molar-refractivity contribution in [1.29, 1.82) is 0 Å². The number of nitrogen functional groups attached to an aromatic ring is 1. The molecule has 0 spiro atoms. The van der Waals surface area contributed by atoms with Crippen LogP contribution >= 0.6 is 0 Å². The molecule has 146 valence electrons. The van der Waals surface area contributed by atoms with E-state index in [-0.39, 0.29) is 27.9 Å². The number of anilines is 2. The monoisotopic (exact) mass is 408 g/mol. The molecule has 3 rings (SSSR count). The van der Waals surface area contributed by atoms with Gasteiger partial charge in [-0.25, -0.2) is 9.97 Å². The summed E-state index contributed by atoms with van der Waals surface area (Å²) in [7, 11) is -4.18. The molecule has 2 heterocycles. The number of pyridine rings is 2. The molecule has 0 radical (unpaired) electrons. The highest BCUT2D eigenvalue weighted by molar-refractivity contribution is 7.92. The molecule has 0 saturated heterocycles. The number of sulfonamides is 1. The normalized spacial score (nSPS) is 12.0. The average molecular weight is 408 g/mol. The van der Waals surface area contributed by atoms with E-state index in [9.17, 15) is 21.6 Å². The smallest absolute Gasteiger partial charge is 0.384 e. The summed E-state index contributed by atoms with van der Waals surface area (Å²) in [6.45, 7) is 1.64. The summed E-state index contributed by atoms with van der Waals surface area (Å²) in [6, 6.07) is 12.2. The maximum atomic E-state index is 13.4. The van der Waals surface area contributed by atoms with Crippen LogP contribution in [0.1, 0.15) is 11.1 Å². The number of alkyl halides is 3. The quantitative estimate of drug-likeness (QED) is 0.683. The van der Waals surface area contributed by atoms with Crippen LogP contribution in [0, 0.1) is 6.92 Å². The van der Waals surface area contributed by atoms with Crippen LogP contribution in [0.4, 0.5) is 24.8 Å². The standard InChI is InChI=1S/C18H15F3N4O2S/c1-11-5-2-3-6-12(11)17-13(18(19,20)21)9-10-15(24-17)25-28(26,27)16-8-4-7-14(22)23-16/h2-10H,1H3,(H2,22,23)(H,24,25). The zero-order chi connectivity index (χ0) is 20.5. The second-order valence-electron chi connectivity index (χ2n) is 5.91. The molecule has 1 aromatic carbocycles. The first kappa shape index (κ1) is 19.6. The van der Waals surface area contributed by atoms with Gasteiger partial charge in [0.05, 0.1) is 11.3 Å². The van der Waals surface area contributed by atoms with Gasteiger partial charge < -0.3 is 5.73 Å². The third-order valence-electron chi connectivity index (χ3n) is 3.86. The number of nitrogens with one attached hydrogen (secondary N) is 1. The number of nitrogens with zero attached hydrogens (tertiary/aromatic N) is 2. The van der Waals surface area contributed by atoms with Crippen molar-refractivity contribution in [3.8, 4) is 11.3 Å². The van der Waals surface area contributed by atoms with Crippen molar-refractivity contribution in [2.45, 2.75) is 18.1 Å². The molecule has 0 bridgehead atoms. The highest BCUT2D eigenvalue weighted by Gasteiger charge is 2.35. The first-order valence-electron chi connectivity index (χ1n) is 7.97. The van der Waals surface area contributed by atoms with E-state index in [0.717, 1.165) is 12.1 Å². The Morgan fingerprint density at radius 1 is 0.964 bits per heavy atom. The summed E-state index contributed by atoms with van der Waals surface area (Å²) in [5.41, 5.74) is 4.97. The molecule has 0 saturated carbocycles. The van der Waals surface area contributed by atoms with Crippen molar-refractivity contribution >= 4 is 21.7 Å². The first-order valence-corrected chi connectivity index (χ1v) is 9.46. The fourth-order valence-corrected chi connectivity index (χ4v) is 3.54. The van der Waals surface area contributed by atoms with Crippen molar-refractivity contribution in [1.82, 2.24) is 9.97 Å². The lowest BCUT2D eigenvalue weighted by Gasteiger charge is -2.15. The van der Waals surface area contributed by atoms with Crippen LogP contribution in [0.2, 0.25) is 0 Å². The molecule has 3 N–H and O–H groups in total. The zero-order valence-electron chi connectivity index (χ0n) is 14.5. The van der Waals surface area contributed by atoms with Gasteiger partial charge in [-0.1, -0.05) is 30.3 Å². The molecule has 0 atom stereocenters. The van der Waals surface area contributed by atoms with E-state index in [1.165, 1.54) is 24.3 Å². The molecule has 10 heteroatoms. The van der Waals surface area contributed by atoms with Crippen LogP contribution in [-0.2, 0) is 16.2 Å². The van der Waals surface area contributed by atoms with Gasteiger partial charge in [-0.3, -0.25) is 4.72 Å². The molecule has 28 heavy (non-hydrogen) atoms. The van der Waals surface area contributed by atoms with Gasteiger partial charge in [-0.15, -0.1) is 0 Å². The summed E-state index contributed by atoms with van der Waals surface area (Å²) in [6.07, 6.45) is -4.66. The maximum absolute atomic E-state index is 13.4. The van der Waals surface area contributed by atoms with Crippen LogP contribution in [0.3, 0.4) is 0 Å². The van der Waals surface area contributed by atoms with Crippen molar-refractivity contribution < 1.29 is 21.6 Å². The number of rotatable bonds is 4. The molecule has 3 aromatic rings. The minimum atomic E-state index is -4.66. The molecule has 0 aliphatic rings. The minimum absolute atomic E-state index is 0.0103. The molecule has 6 nitrogen and oxygen atoms in total. The number of aryl methyl sites for hydroxylation is 1. The van der Waals surface area contributed by atoms with E-state index in [4.69, 9.17) is 5.73 Å². The fraction of sp³-hybridized carbons (Fsp3) is 0.111. The van der Waals surface area contributed by atoms with Gasteiger partial charge in [0.2, 0.25) is 0 Å². The van der Waals surface area contributed by atoms with Crippen molar-refractivity contribution in [2.75, 3.05) is 10.5 Å². The predicted octanol–water partition coefficient (Wildman–Crippen LogP) is 3.85. The van der Waals surface area contributed by atoms with Gasteiger partial charge in [0.15, 0.2) is 5.03 Å². The number of benzene rings is 1. The summed E-state index contributed by atoms with van der Waals surface area (Å²) in [5.74, 6) is -0.278. The maximum Gasteiger partial charge on any atom is 0.418 e. The molecular weight excluding hydrogens is 393 g/mol. The molecule has 0 aliphatic heterocycles. The molecule has 2 aromatic heterocycles. The summed E-state index contributed by atoms with van der Waals surface area (Å²) >= 11 is 0. The van der Waals surface area contributed by atoms with E-state index in [2.05, 4.69) is 14.7 Å². The van der Waals surface area contributed by atoms with Gasteiger partial charge >= 0.3 is 6.18 Å². The van der Waals surface area contributed by atoms with Crippen molar-refractivity contribution in [3.63, 3.8) is 0 Å². The Labute approximate surface area is 159 Å². The van der Waals surface area contributed by atoms with E-state index >= 15 is 0 Å². The summed E-state index contributed by atoms with van der Waals surface area (Å²) in [5, 5.41) is -0.369.